The molecule has 6 nitrogen and oxygen atoms in total. The van der Waals surface area contributed by atoms with Crippen molar-refractivity contribution in [2.75, 3.05) is 13.2 Å². The van der Waals surface area contributed by atoms with Crippen LogP contribution in [0.4, 0.5) is 26.3 Å². The molecular weight excluding hydrogens is 551 g/mol. The molecule has 0 saturated heterocycles. The van der Waals surface area contributed by atoms with Gasteiger partial charge in [0.25, 0.3) is 0 Å². The van der Waals surface area contributed by atoms with E-state index in [9.17, 15) is 26.3 Å². The van der Waals surface area contributed by atoms with Crippen LogP contribution in [-0.4, -0.2) is 35.3 Å². The first-order valence-electron chi connectivity index (χ1n) is 8.25. The largest absolute Gasteiger partial charge is 0.468 e. The van der Waals surface area contributed by atoms with Crippen LogP contribution in [0.15, 0.2) is 28.7 Å². The number of nitrogens with zero attached hydrogens (tertiary/aromatic N) is 3. The first-order chi connectivity index (χ1) is 13.6. The van der Waals surface area contributed by atoms with Crippen LogP contribution in [0.5, 0.6) is 5.88 Å². The number of ether oxygens (including phenoxy) is 1. The molecule has 0 saturated carbocycles. The minimum Gasteiger partial charge on any atom is -0.468 e. The maximum absolute atomic E-state index is 12.6. The SMILES string of the molecule is CCNC(=NCc1ccnc(OCC(F)(F)F)c1)NCc1nc(C(F)(F)F)cs1.I. The van der Waals surface area contributed by atoms with Gasteiger partial charge in [0, 0.05) is 24.2 Å². The molecule has 0 bridgehead atoms. The van der Waals surface area contributed by atoms with Crippen molar-refractivity contribution >= 4 is 41.3 Å². The second-order valence-corrected chi connectivity index (χ2v) is 6.52. The van der Waals surface area contributed by atoms with Crippen LogP contribution in [0.1, 0.15) is 23.2 Å². The van der Waals surface area contributed by atoms with Crippen LogP contribution in [0, 0.1) is 0 Å². The summed E-state index contributed by atoms with van der Waals surface area (Å²) in [5.41, 5.74) is -0.410. The third-order valence-electron chi connectivity index (χ3n) is 3.20. The molecule has 0 radical (unpaired) electrons. The Morgan fingerprint density at radius 3 is 2.53 bits per heavy atom. The lowest BCUT2D eigenvalue weighted by molar-refractivity contribution is -0.154. The van der Waals surface area contributed by atoms with Gasteiger partial charge in [-0.15, -0.1) is 35.3 Å². The smallest absolute Gasteiger partial charge is 0.434 e. The molecule has 0 fully saturated rings. The van der Waals surface area contributed by atoms with Gasteiger partial charge in [-0.3, -0.25) is 0 Å². The Balaban J connectivity index is 0.00000450. The minimum atomic E-state index is -4.50. The summed E-state index contributed by atoms with van der Waals surface area (Å²) in [5.74, 6) is 0.126. The molecule has 0 aliphatic carbocycles. The summed E-state index contributed by atoms with van der Waals surface area (Å²) in [7, 11) is 0. The van der Waals surface area contributed by atoms with Crippen LogP contribution in [-0.2, 0) is 19.3 Å². The van der Waals surface area contributed by atoms with Gasteiger partial charge in [0.15, 0.2) is 18.3 Å². The first kappa shape index (κ1) is 26.2. The van der Waals surface area contributed by atoms with Gasteiger partial charge in [0.1, 0.15) is 5.01 Å². The first-order valence-corrected chi connectivity index (χ1v) is 9.13. The molecule has 0 aliphatic rings. The summed E-state index contributed by atoms with van der Waals surface area (Å²) >= 11 is 0.867. The van der Waals surface area contributed by atoms with E-state index >= 15 is 0 Å². The number of aromatic nitrogens is 2. The van der Waals surface area contributed by atoms with Gasteiger partial charge >= 0.3 is 12.4 Å². The molecule has 0 atom stereocenters. The molecule has 0 aliphatic heterocycles. The summed E-state index contributed by atoms with van der Waals surface area (Å²) in [6.45, 7) is 0.963. The van der Waals surface area contributed by atoms with Crippen molar-refractivity contribution in [3.8, 4) is 5.88 Å². The summed E-state index contributed by atoms with van der Waals surface area (Å²) in [6, 6.07) is 2.89. The zero-order valence-electron chi connectivity index (χ0n) is 15.5. The molecule has 168 valence electrons. The van der Waals surface area contributed by atoms with Gasteiger partial charge in [0.05, 0.1) is 13.1 Å². The van der Waals surface area contributed by atoms with E-state index in [1.54, 1.807) is 13.0 Å². The number of thiazole rings is 1. The third kappa shape index (κ3) is 9.32. The fourth-order valence-electron chi connectivity index (χ4n) is 1.98. The highest BCUT2D eigenvalue weighted by Gasteiger charge is 2.33. The molecular formula is C16H18F6IN5OS. The number of hydrogen-bond donors (Lipinski definition) is 2. The highest BCUT2D eigenvalue weighted by Crippen LogP contribution is 2.29. The minimum absolute atomic E-state index is 0. The van der Waals surface area contributed by atoms with E-state index in [0.717, 1.165) is 16.7 Å². The fraction of sp³-hybridized carbons (Fsp3) is 0.438. The Kier molecular flexibility index (Phi) is 10.1. The zero-order chi connectivity index (χ0) is 21.5. The molecule has 2 aromatic rings. The van der Waals surface area contributed by atoms with Crippen molar-refractivity contribution < 1.29 is 31.1 Å². The zero-order valence-corrected chi connectivity index (χ0v) is 18.6. The number of alkyl halides is 6. The van der Waals surface area contributed by atoms with Crippen LogP contribution < -0.4 is 15.4 Å². The fourth-order valence-corrected chi connectivity index (χ4v) is 2.72. The predicted molar refractivity (Wildman–Crippen MR) is 110 cm³/mol. The van der Waals surface area contributed by atoms with Crippen LogP contribution in [0.3, 0.4) is 0 Å². The summed E-state index contributed by atoms with van der Waals surface area (Å²) < 4.78 is 79.0. The number of nitrogens with one attached hydrogen (secondary N) is 2. The second-order valence-electron chi connectivity index (χ2n) is 5.58. The second kappa shape index (κ2) is 11.5. The van der Waals surface area contributed by atoms with E-state index in [1.165, 1.54) is 12.3 Å². The van der Waals surface area contributed by atoms with Crippen molar-refractivity contribution in [3.63, 3.8) is 0 Å². The van der Waals surface area contributed by atoms with Crippen LogP contribution in [0.25, 0.3) is 0 Å². The molecule has 0 amide bonds. The molecule has 2 N–H and O–H groups in total. The summed E-state index contributed by atoms with van der Waals surface area (Å²) in [5, 5.41) is 6.94. The van der Waals surface area contributed by atoms with Crippen LogP contribution >= 0.6 is 35.3 Å². The lowest BCUT2D eigenvalue weighted by Crippen LogP contribution is -2.36. The molecule has 0 spiro atoms. The standard InChI is InChI=1S/C16H17F6N5OS.HI/c1-2-23-14(26-7-13-27-11(8-29-13)16(20,21)22)25-6-10-3-4-24-12(5-10)28-9-15(17,18)19;/h3-5,8H,2,6-7,9H2,1H3,(H2,23,25,26);1H. The van der Waals surface area contributed by atoms with E-state index < -0.39 is 24.7 Å². The molecule has 0 aromatic carbocycles. The Bertz CT molecular complexity index is 827. The monoisotopic (exact) mass is 569 g/mol. The van der Waals surface area contributed by atoms with Gasteiger partial charge in [0.2, 0.25) is 5.88 Å². The van der Waals surface area contributed by atoms with Crippen LogP contribution in [0.2, 0.25) is 0 Å². The topological polar surface area (TPSA) is 71.4 Å². The number of aliphatic imine (C=N–C) groups is 1. The lowest BCUT2D eigenvalue weighted by atomic mass is 10.3. The number of halogens is 7. The third-order valence-corrected chi connectivity index (χ3v) is 4.04. The highest BCUT2D eigenvalue weighted by molar-refractivity contribution is 14.0. The van der Waals surface area contributed by atoms with Crippen molar-refractivity contribution in [1.29, 1.82) is 0 Å². The van der Waals surface area contributed by atoms with Gasteiger partial charge in [-0.25, -0.2) is 15.0 Å². The van der Waals surface area contributed by atoms with Crippen molar-refractivity contribution in [2.45, 2.75) is 32.4 Å². The number of guanidine groups is 1. The van der Waals surface area contributed by atoms with E-state index in [1.807, 2.05) is 0 Å². The molecule has 30 heavy (non-hydrogen) atoms. The van der Waals surface area contributed by atoms with Gasteiger partial charge in [-0.1, -0.05) is 0 Å². The van der Waals surface area contributed by atoms with Gasteiger partial charge in [-0.2, -0.15) is 26.3 Å². The predicted octanol–water partition coefficient (Wildman–Crippen LogP) is 4.37. The molecule has 14 heteroatoms. The maximum atomic E-state index is 12.6. The number of pyridine rings is 1. The average molecular weight is 569 g/mol. The Hall–Kier alpha value is -1.84. The molecule has 2 rings (SSSR count). The number of rotatable bonds is 7. The average Bonchev–Trinajstić information content (AvgIpc) is 3.12. The quantitative estimate of drug-likeness (QED) is 0.225. The van der Waals surface area contributed by atoms with E-state index in [2.05, 4.69) is 30.3 Å². The van der Waals surface area contributed by atoms with Crippen molar-refractivity contribution in [1.82, 2.24) is 20.6 Å². The van der Waals surface area contributed by atoms with E-state index in [4.69, 9.17) is 0 Å². The number of hydrogen-bond acceptors (Lipinski definition) is 5. The summed E-state index contributed by atoms with van der Waals surface area (Å²) in [6.07, 6.45) is -7.68. The maximum Gasteiger partial charge on any atom is 0.434 e. The Labute approximate surface area is 189 Å². The molecule has 2 aromatic heterocycles. The van der Waals surface area contributed by atoms with E-state index in [-0.39, 0.29) is 48.0 Å². The van der Waals surface area contributed by atoms with Crippen molar-refractivity contribution in [2.24, 2.45) is 4.99 Å². The van der Waals surface area contributed by atoms with Gasteiger partial charge < -0.3 is 15.4 Å². The molecule has 2 heterocycles. The Morgan fingerprint density at radius 1 is 1.20 bits per heavy atom. The highest BCUT2D eigenvalue weighted by atomic mass is 127. The summed E-state index contributed by atoms with van der Waals surface area (Å²) in [4.78, 5) is 11.5. The van der Waals surface area contributed by atoms with Gasteiger partial charge in [-0.05, 0) is 18.6 Å². The normalized spacial score (nSPS) is 12.3. The lowest BCUT2D eigenvalue weighted by Gasteiger charge is -2.11. The van der Waals surface area contributed by atoms with E-state index in [0.29, 0.717) is 18.1 Å². The van der Waals surface area contributed by atoms with Crippen molar-refractivity contribution in [3.05, 3.63) is 40.0 Å². The molecule has 0 unspecified atom stereocenters. The Morgan fingerprint density at radius 2 is 1.93 bits per heavy atom.